The monoisotopic (exact) mass is 207 g/mol. The van der Waals surface area contributed by atoms with Gasteiger partial charge >= 0.3 is 0 Å². The summed E-state index contributed by atoms with van der Waals surface area (Å²) in [5.41, 5.74) is 1.80. The summed E-state index contributed by atoms with van der Waals surface area (Å²) in [6.07, 6.45) is 6.34. The molecular weight excluding hydrogens is 190 g/mol. The average Bonchev–Trinajstić information content (AvgIpc) is 2.69. The molecule has 82 valence electrons. The maximum atomic E-state index is 11.8. The third-order valence-electron chi connectivity index (χ3n) is 2.17. The number of carbonyl (C=O) groups is 1. The Kier molecular flexibility index (Phi) is 4.09. The molecule has 0 saturated heterocycles. The van der Waals surface area contributed by atoms with Crippen LogP contribution >= 0.6 is 0 Å². The molecule has 15 heavy (non-hydrogen) atoms. The third kappa shape index (κ3) is 3.23. The summed E-state index contributed by atoms with van der Waals surface area (Å²) in [6, 6.07) is 0. The predicted octanol–water partition coefficient (Wildman–Crippen LogP) is 1.72. The Balaban J connectivity index is 2.57. The van der Waals surface area contributed by atoms with Crippen LogP contribution in [0.2, 0.25) is 0 Å². The number of aromatic amines is 1. The molecule has 1 heterocycles. The summed E-state index contributed by atoms with van der Waals surface area (Å²) in [6.45, 7) is 4.45. The molecule has 0 saturated carbocycles. The number of nitrogens with zero attached hydrogens (tertiary/aromatic N) is 2. The lowest BCUT2D eigenvalue weighted by molar-refractivity contribution is -0.126. The van der Waals surface area contributed by atoms with Crippen LogP contribution < -0.4 is 0 Å². The van der Waals surface area contributed by atoms with E-state index in [1.54, 1.807) is 24.3 Å². The topological polar surface area (TPSA) is 49.0 Å². The van der Waals surface area contributed by atoms with Crippen molar-refractivity contribution < 1.29 is 4.79 Å². The molecule has 0 aliphatic carbocycles. The van der Waals surface area contributed by atoms with Crippen LogP contribution in [0.25, 0.3) is 0 Å². The molecule has 1 rings (SSSR count). The van der Waals surface area contributed by atoms with Crippen molar-refractivity contribution in [3.05, 3.63) is 29.6 Å². The van der Waals surface area contributed by atoms with Gasteiger partial charge in [-0.1, -0.05) is 13.0 Å². The summed E-state index contributed by atoms with van der Waals surface area (Å²) >= 11 is 0. The molecule has 0 aliphatic heterocycles. The summed E-state index contributed by atoms with van der Waals surface area (Å²) in [7, 11) is 1.79. The normalized spacial score (nSPS) is 11.5. The van der Waals surface area contributed by atoms with Gasteiger partial charge < -0.3 is 4.90 Å². The highest BCUT2D eigenvalue weighted by Gasteiger charge is 2.10. The first-order valence-corrected chi connectivity index (χ1v) is 5.05. The zero-order valence-electron chi connectivity index (χ0n) is 9.45. The molecule has 0 aliphatic rings. The predicted molar refractivity (Wildman–Crippen MR) is 59.1 cm³/mol. The largest absolute Gasteiger partial charge is 0.338 e. The molecule has 4 nitrogen and oxygen atoms in total. The van der Waals surface area contributed by atoms with Gasteiger partial charge in [0.2, 0.25) is 5.91 Å². The highest BCUT2D eigenvalue weighted by atomic mass is 16.2. The molecule has 1 N–H and O–H groups in total. The van der Waals surface area contributed by atoms with Crippen molar-refractivity contribution in [3.8, 4) is 0 Å². The van der Waals surface area contributed by atoms with E-state index >= 15 is 0 Å². The lowest BCUT2D eigenvalue weighted by atomic mass is 10.2. The molecule has 0 fully saturated rings. The molecule has 1 amide bonds. The van der Waals surface area contributed by atoms with Crippen LogP contribution in [-0.4, -0.2) is 28.1 Å². The van der Waals surface area contributed by atoms with Crippen molar-refractivity contribution in [1.29, 1.82) is 0 Å². The molecular formula is C11H17N3O. The minimum absolute atomic E-state index is 0.0676. The maximum absolute atomic E-state index is 11.8. The lowest BCUT2D eigenvalue weighted by Crippen LogP contribution is -2.26. The number of amides is 1. The Hall–Kier alpha value is -1.58. The Morgan fingerprint density at radius 3 is 2.93 bits per heavy atom. The van der Waals surface area contributed by atoms with E-state index in [0.29, 0.717) is 6.54 Å². The second kappa shape index (κ2) is 5.34. The van der Waals surface area contributed by atoms with Crippen LogP contribution in [-0.2, 0) is 11.3 Å². The quantitative estimate of drug-likeness (QED) is 0.764. The van der Waals surface area contributed by atoms with E-state index in [9.17, 15) is 4.79 Å². The van der Waals surface area contributed by atoms with Crippen molar-refractivity contribution in [1.82, 2.24) is 15.1 Å². The molecule has 0 unspecified atom stereocenters. The van der Waals surface area contributed by atoms with Crippen molar-refractivity contribution in [2.45, 2.75) is 26.8 Å². The van der Waals surface area contributed by atoms with Crippen molar-refractivity contribution in [2.75, 3.05) is 7.05 Å². The first-order chi connectivity index (χ1) is 7.15. The van der Waals surface area contributed by atoms with Gasteiger partial charge in [-0.25, -0.2) is 0 Å². The number of aromatic nitrogens is 2. The standard InChI is InChI=1S/C11H17N3O/c1-4-5-9(2)11(15)14(3)8-10-6-12-13-7-10/h5-7H,4,8H2,1-3H3,(H,12,13). The average molecular weight is 207 g/mol. The van der Waals surface area contributed by atoms with Gasteiger partial charge in [0.15, 0.2) is 0 Å². The van der Waals surface area contributed by atoms with Crippen molar-refractivity contribution >= 4 is 5.91 Å². The molecule has 0 aromatic carbocycles. The van der Waals surface area contributed by atoms with Gasteiger partial charge in [-0.2, -0.15) is 5.10 Å². The Morgan fingerprint density at radius 1 is 1.67 bits per heavy atom. The maximum Gasteiger partial charge on any atom is 0.249 e. The number of hydrogen-bond acceptors (Lipinski definition) is 2. The molecule has 0 atom stereocenters. The van der Waals surface area contributed by atoms with Crippen LogP contribution in [0.5, 0.6) is 0 Å². The van der Waals surface area contributed by atoms with Gasteiger partial charge in [0.1, 0.15) is 0 Å². The number of carbonyl (C=O) groups excluding carboxylic acids is 1. The Bertz CT molecular complexity index is 341. The second-order valence-corrected chi connectivity index (χ2v) is 3.56. The molecule has 1 aromatic rings. The van der Waals surface area contributed by atoms with Crippen molar-refractivity contribution in [2.24, 2.45) is 0 Å². The minimum atomic E-state index is 0.0676. The minimum Gasteiger partial charge on any atom is -0.338 e. The van der Waals surface area contributed by atoms with E-state index in [2.05, 4.69) is 10.2 Å². The SMILES string of the molecule is CCC=C(C)C(=O)N(C)Cc1cn[nH]c1. The highest BCUT2D eigenvalue weighted by molar-refractivity contribution is 5.92. The van der Waals surface area contributed by atoms with E-state index in [-0.39, 0.29) is 5.91 Å². The Morgan fingerprint density at radius 2 is 2.40 bits per heavy atom. The van der Waals surface area contributed by atoms with Crippen LogP contribution in [0.3, 0.4) is 0 Å². The van der Waals surface area contributed by atoms with Gasteiger partial charge in [0.05, 0.1) is 6.20 Å². The van der Waals surface area contributed by atoms with E-state index in [1.165, 1.54) is 0 Å². The van der Waals surface area contributed by atoms with E-state index in [0.717, 1.165) is 17.6 Å². The number of allylic oxidation sites excluding steroid dienone is 1. The van der Waals surface area contributed by atoms with Crippen molar-refractivity contribution in [3.63, 3.8) is 0 Å². The summed E-state index contributed by atoms with van der Waals surface area (Å²) in [4.78, 5) is 13.5. The first-order valence-electron chi connectivity index (χ1n) is 5.05. The molecule has 0 spiro atoms. The van der Waals surface area contributed by atoms with Gasteiger partial charge in [0.25, 0.3) is 0 Å². The zero-order valence-corrected chi connectivity index (χ0v) is 9.45. The van der Waals surface area contributed by atoms with E-state index in [1.807, 2.05) is 19.9 Å². The summed E-state index contributed by atoms with van der Waals surface area (Å²) in [5.74, 6) is 0.0676. The van der Waals surface area contributed by atoms with E-state index < -0.39 is 0 Å². The number of H-pyrrole nitrogens is 1. The molecule has 0 radical (unpaired) electrons. The van der Waals surface area contributed by atoms with Gasteiger partial charge in [-0.3, -0.25) is 9.89 Å². The van der Waals surface area contributed by atoms with Crippen LogP contribution in [0, 0.1) is 0 Å². The lowest BCUT2D eigenvalue weighted by Gasteiger charge is -2.16. The third-order valence-corrected chi connectivity index (χ3v) is 2.17. The summed E-state index contributed by atoms with van der Waals surface area (Å²) in [5, 5.41) is 6.56. The fourth-order valence-electron chi connectivity index (χ4n) is 1.40. The van der Waals surface area contributed by atoms with Gasteiger partial charge in [-0.15, -0.1) is 0 Å². The van der Waals surface area contributed by atoms with Crippen LogP contribution in [0.15, 0.2) is 24.0 Å². The highest BCUT2D eigenvalue weighted by Crippen LogP contribution is 2.05. The molecule has 4 heteroatoms. The number of rotatable bonds is 4. The van der Waals surface area contributed by atoms with Crippen LogP contribution in [0.4, 0.5) is 0 Å². The second-order valence-electron chi connectivity index (χ2n) is 3.56. The molecule has 1 aromatic heterocycles. The molecule has 0 bridgehead atoms. The summed E-state index contributed by atoms with van der Waals surface area (Å²) < 4.78 is 0. The number of likely N-dealkylation sites (N-methyl/N-ethyl adjacent to an activating group) is 1. The smallest absolute Gasteiger partial charge is 0.249 e. The first kappa shape index (κ1) is 11.5. The number of hydrogen-bond donors (Lipinski definition) is 1. The zero-order chi connectivity index (χ0) is 11.3. The van der Waals surface area contributed by atoms with Gasteiger partial charge in [0, 0.05) is 30.9 Å². The fraction of sp³-hybridized carbons (Fsp3) is 0.455. The van der Waals surface area contributed by atoms with Gasteiger partial charge in [-0.05, 0) is 13.3 Å². The number of nitrogens with one attached hydrogen (secondary N) is 1. The Labute approximate surface area is 90.0 Å². The van der Waals surface area contributed by atoms with Crippen LogP contribution in [0.1, 0.15) is 25.8 Å². The van der Waals surface area contributed by atoms with E-state index in [4.69, 9.17) is 0 Å². The fourth-order valence-corrected chi connectivity index (χ4v) is 1.40.